The summed E-state index contributed by atoms with van der Waals surface area (Å²) in [6.45, 7) is 3.73. The first-order valence-corrected chi connectivity index (χ1v) is 9.30. The zero-order valence-electron chi connectivity index (χ0n) is 11.1. The van der Waals surface area contributed by atoms with Crippen molar-refractivity contribution < 1.29 is 8.42 Å². The third kappa shape index (κ3) is 3.32. The van der Waals surface area contributed by atoms with Gasteiger partial charge in [0.15, 0.2) is 5.13 Å². The van der Waals surface area contributed by atoms with Gasteiger partial charge in [-0.1, -0.05) is 11.6 Å². The lowest BCUT2D eigenvalue weighted by Crippen LogP contribution is -2.14. The van der Waals surface area contributed by atoms with Crippen LogP contribution in [0.2, 0.25) is 4.34 Å². The molecule has 2 heterocycles. The molecule has 5 nitrogen and oxygen atoms in total. The fourth-order valence-electron chi connectivity index (χ4n) is 1.41. The zero-order valence-corrected chi connectivity index (χ0v) is 14.3. The van der Waals surface area contributed by atoms with Crippen LogP contribution in [0.25, 0.3) is 0 Å². The Balaban J connectivity index is 2.22. The quantitative estimate of drug-likeness (QED) is 0.867. The molecular weight excluding hydrogens is 338 g/mol. The number of nitrogens with one attached hydrogen (secondary N) is 2. The number of rotatable bonds is 5. The Morgan fingerprint density at radius 1 is 1.45 bits per heavy atom. The summed E-state index contributed by atoms with van der Waals surface area (Å²) in [4.78, 5) is 4.26. The molecule has 0 saturated carbocycles. The molecule has 0 radical (unpaired) electrons. The molecule has 0 aliphatic heterocycles. The van der Waals surface area contributed by atoms with E-state index in [0.717, 1.165) is 22.6 Å². The Kier molecular flexibility index (Phi) is 4.70. The van der Waals surface area contributed by atoms with E-state index in [4.69, 9.17) is 11.6 Å². The van der Waals surface area contributed by atoms with Crippen LogP contribution in [0.5, 0.6) is 0 Å². The number of aromatic nitrogens is 1. The molecule has 2 aromatic heterocycles. The topological polar surface area (TPSA) is 71.1 Å². The normalized spacial score (nSPS) is 13.4. The van der Waals surface area contributed by atoms with E-state index in [1.807, 2.05) is 19.4 Å². The van der Waals surface area contributed by atoms with Crippen molar-refractivity contribution >= 4 is 49.4 Å². The van der Waals surface area contributed by atoms with Crippen LogP contribution >= 0.6 is 34.3 Å². The van der Waals surface area contributed by atoms with Gasteiger partial charge in [-0.3, -0.25) is 4.72 Å². The molecule has 0 aliphatic carbocycles. The van der Waals surface area contributed by atoms with Crippen molar-refractivity contribution in [1.82, 2.24) is 10.3 Å². The molecular formula is C11H14ClN3O2S3. The van der Waals surface area contributed by atoms with Gasteiger partial charge in [-0.2, -0.15) is 0 Å². The van der Waals surface area contributed by atoms with E-state index in [-0.39, 0.29) is 10.3 Å². The van der Waals surface area contributed by atoms with Crippen molar-refractivity contribution in [2.45, 2.75) is 24.1 Å². The minimum Gasteiger partial charge on any atom is -0.312 e. The van der Waals surface area contributed by atoms with E-state index >= 15 is 0 Å². The third-order valence-electron chi connectivity index (χ3n) is 2.72. The molecule has 1 atom stereocenters. The molecule has 0 saturated heterocycles. The second-order valence-electron chi connectivity index (χ2n) is 4.22. The molecule has 2 aromatic rings. The molecule has 1 unspecified atom stereocenters. The highest BCUT2D eigenvalue weighted by Gasteiger charge is 2.20. The van der Waals surface area contributed by atoms with Crippen LogP contribution < -0.4 is 10.0 Å². The van der Waals surface area contributed by atoms with E-state index in [1.165, 1.54) is 11.3 Å². The minimum absolute atomic E-state index is 0.0722. The van der Waals surface area contributed by atoms with Gasteiger partial charge in [0.05, 0.1) is 10.0 Å². The maximum atomic E-state index is 12.2. The third-order valence-corrected chi connectivity index (χ3v) is 6.99. The van der Waals surface area contributed by atoms with E-state index in [1.54, 1.807) is 13.0 Å². The standard InChI is InChI=1S/C11H14ClN3O2S3/c1-6-4-9(19-10(6)12)20(16,17)15-11-14-8(5-18-11)7(2)13-3/h4-5,7,13H,1-3H3,(H,14,15). The molecule has 20 heavy (non-hydrogen) atoms. The SMILES string of the molecule is CNC(C)c1csc(NS(=O)(=O)c2cc(C)c(Cl)s2)n1. The largest absolute Gasteiger partial charge is 0.312 e. The van der Waals surface area contributed by atoms with E-state index < -0.39 is 10.0 Å². The zero-order chi connectivity index (χ0) is 14.9. The van der Waals surface area contributed by atoms with Gasteiger partial charge in [0.25, 0.3) is 10.0 Å². The predicted octanol–water partition coefficient (Wildman–Crippen LogP) is 3.25. The van der Waals surface area contributed by atoms with Gasteiger partial charge in [0.2, 0.25) is 0 Å². The van der Waals surface area contributed by atoms with Gasteiger partial charge >= 0.3 is 0 Å². The molecule has 9 heteroatoms. The molecule has 0 amide bonds. The van der Waals surface area contributed by atoms with Gasteiger partial charge in [0, 0.05) is 11.4 Å². The molecule has 0 spiro atoms. The second kappa shape index (κ2) is 5.98. The first-order valence-electron chi connectivity index (χ1n) is 5.75. The van der Waals surface area contributed by atoms with Gasteiger partial charge in [-0.25, -0.2) is 13.4 Å². The maximum absolute atomic E-state index is 12.2. The lowest BCUT2D eigenvalue weighted by molar-refractivity contribution is 0.603. The summed E-state index contributed by atoms with van der Waals surface area (Å²) < 4.78 is 27.6. The summed E-state index contributed by atoms with van der Waals surface area (Å²) in [5.74, 6) is 0. The smallest absolute Gasteiger partial charge is 0.273 e. The van der Waals surface area contributed by atoms with Crippen LogP contribution in [0.4, 0.5) is 5.13 Å². The minimum atomic E-state index is -3.62. The van der Waals surface area contributed by atoms with Crippen LogP contribution in [0.1, 0.15) is 24.2 Å². The average Bonchev–Trinajstić information content (AvgIpc) is 2.96. The highest BCUT2D eigenvalue weighted by Crippen LogP contribution is 2.32. The predicted molar refractivity (Wildman–Crippen MR) is 84.5 cm³/mol. The monoisotopic (exact) mass is 351 g/mol. The summed E-state index contributed by atoms with van der Waals surface area (Å²) >= 11 is 8.20. The van der Waals surface area contributed by atoms with Gasteiger partial charge in [-0.05, 0) is 32.5 Å². The van der Waals surface area contributed by atoms with E-state index in [2.05, 4.69) is 15.0 Å². The molecule has 0 bridgehead atoms. The van der Waals surface area contributed by atoms with Gasteiger partial charge in [0.1, 0.15) is 4.21 Å². The van der Waals surface area contributed by atoms with Crippen molar-refractivity contribution in [1.29, 1.82) is 0 Å². The van der Waals surface area contributed by atoms with Crippen molar-refractivity contribution in [2.24, 2.45) is 0 Å². The molecule has 0 aromatic carbocycles. The van der Waals surface area contributed by atoms with Gasteiger partial charge < -0.3 is 5.32 Å². The first-order chi connectivity index (χ1) is 9.33. The molecule has 2 N–H and O–H groups in total. The van der Waals surface area contributed by atoms with Crippen molar-refractivity contribution in [2.75, 3.05) is 11.8 Å². The first kappa shape index (κ1) is 15.7. The average molecular weight is 352 g/mol. The van der Waals surface area contributed by atoms with Crippen LogP contribution in [-0.2, 0) is 10.0 Å². The number of hydrogen-bond acceptors (Lipinski definition) is 6. The highest BCUT2D eigenvalue weighted by atomic mass is 35.5. The number of halogens is 1. The Hall–Kier alpha value is -0.670. The Morgan fingerprint density at radius 3 is 2.70 bits per heavy atom. The summed E-state index contributed by atoms with van der Waals surface area (Å²) in [6.07, 6.45) is 0. The lowest BCUT2D eigenvalue weighted by atomic mass is 10.3. The highest BCUT2D eigenvalue weighted by molar-refractivity contribution is 7.94. The number of aryl methyl sites for hydroxylation is 1. The van der Waals surface area contributed by atoms with E-state index in [9.17, 15) is 8.42 Å². The van der Waals surface area contributed by atoms with Gasteiger partial charge in [-0.15, -0.1) is 22.7 Å². The fourth-order valence-corrected chi connectivity index (χ4v) is 5.17. The van der Waals surface area contributed by atoms with Crippen molar-refractivity contribution in [3.05, 3.63) is 27.0 Å². The maximum Gasteiger partial charge on any atom is 0.273 e. The van der Waals surface area contributed by atoms with Crippen molar-refractivity contribution in [3.8, 4) is 0 Å². The molecule has 0 fully saturated rings. The summed E-state index contributed by atoms with van der Waals surface area (Å²) in [6, 6.07) is 1.63. The summed E-state index contributed by atoms with van der Waals surface area (Å²) in [5, 5.41) is 5.23. The summed E-state index contributed by atoms with van der Waals surface area (Å²) in [7, 11) is -1.80. The molecule has 0 aliphatic rings. The number of thiophene rings is 1. The van der Waals surface area contributed by atoms with Crippen LogP contribution in [0.3, 0.4) is 0 Å². The van der Waals surface area contributed by atoms with Crippen LogP contribution in [-0.4, -0.2) is 20.4 Å². The van der Waals surface area contributed by atoms with Crippen molar-refractivity contribution in [3.63, 3.8) is 0 Å². The lowest BCUT2D eigenvalue weighted by Gasteiger charge is -2.05. The van der Waals surface area contributed by atoms with E-state index in [0.29, 0.717) is 9.47 Å². The fraction of sp³-hybridized carbons (Fsp3) is 0.364. The molecule has 2 rings (SSSR count). The van der Waals surface area contributed by atoms with Crippen LogP contribution in [0.15, 0.2) is 15.7 Å². The Morgan fingerprint density at radius 2 is 2.15 bits per heavy atom. The Labute approximate surface area is 131 Å². The number of nitrogens with zero attached hydrogens (tertiary/aromatic N) is 1. The number of thiazole rings is 1. The number of sulfonamides is 1. The Bertz CT molecular complexity index is 689. The summed E-state index contributed by atoms with van der Waals surface area (Å²) in [5.41, 5.74) is 1.55. The number of anilines is 1. The molecule has 110 valence electrons. The second-order valence-corrected chi connectivity index (χ2v) is 8.64. The van der Waals surface area contributed by atoms with Crippen LogP contribution in [0, 0.1) is 6.92 Å². The number of hydrogen-bond donors (Lipinski definition) is 2.